The molecular weight excluding hydrogens is 386 g/mol. The molecule has 2 aromatic carbocycles. The fourth-order valence-corrected chi connectivity index (χ4v) is 3.89. The van der Waals surface area contributed by atoms with Gasteiger partial charge in [-0.3, -0.25) is 9.79 Å². The van der Waals surface area contributed by atoms with Crippen LogP contribution in [0, 0.1) is 5.92 Å². The highest BCUT2D eigenvalue weighted by Crippen LogP contribution is 2.16. The lowest BCUT2D eigenvalue weighted by atomic mass is 10.1. The highest BCUT2D eigenvalue weighted by molar-refractivity contribution is 5.93. The average Bonchev–Trinajstić information content (AvgIpc) is 3.26. The zero-order valence-corrected chi connectivity index (χ0v) is 19.0. The molecule has 1 fully saturated rings. The lowest BCUT2D eigenvalue weighted by Gasteiger charge is -2.18. The van der Waals surface area contributed by atoms with Crippen LogP contribution in [-0.2, 0) is 13.0 Å². The summed E-state index contributed by atoms with van der Waals surface area (Å²) in [6, 6.07) is 18.4. The Balaban J connectivity index is 1.37. The predicted molar refractivity (Wildman–Crippen MR) is 127 cm³/mol. The third-order valence-electron chi connectivity index (χ3n) is 5.78. The second kappa shape index (κ2) is 11.5. The van der Waals surface area contributed by atoms with Gasteiger partial charge in [-0.05, 0) is 48.6 Å². The highest BCUT2D eigenvalue weighted by atomic mass is 16.2. The first-order valence-corrected chi connectivity index (χ1v) is 11.1. The Morgan fingerprint density at radius 2 is 1.81 bits per heavy atom. The molecule has 1 aliphatic rings. The minimum absolute atomic E-state index is 0.0198. The molecule has 0 bridgehead atoms. The van der Waals surface area contributed by atoms with Crippen molar-refractivity contribution < 1.29 is 4.79 Å². The van der Waals surface area contributed by atoms with Crippen molar-refractivity contribution in [1.82, 2.24) is 20.4 Å². The van der Waals surface area contributed by atoms with E-state index in [1.165, 1.54) is 18.5 Å². The van der Waals surface area contributed by atoms with Crippen molar-refractivity contribution in [2.45, 2.75) is 19.4 Å². The van der Waals surface area contributed by atoms with E-state index in [4.69, 9.17) is 0 Å². The summed E-state index contributed by atoms with van der Waals surface area (Å²) in [6.07, 6.45) is 2.34. The zero-order valence-electron chi connectivity index (χ0n) is 19.0. The molecule has 0 radical (unpaired) electrons. The number of amides is 1. The van der Waals surface area contributed by atoms with Crippen LogP contribution < -0.4 is 10.6 Å². The molecule has 1 amide bonds. The van der Waals surface area contributed by atoms with E-state index in [0.717, 1.165) is 37.6 Å². The molecule has 3 rings (SSSR count). The number of hydrogen-bond donors (Lipinski definition) is 2. The molecule has 1 heterocycles. The van der Waals surface area contributed by atoms with Crippen molar-refractivity contribution in [2.24, 2.45) is 10.9 Å². The number of nitrogens with zero attached hydrogens (tertiary/aromatic N) is 3. The van der Waals surface area contributed by atoms with Crippen LogP contribution >= 0.6 is 0 Å². The highest BCUT2D eigenvalue weighted by Gasteiger charge is 2.22. The summed E-state index contributed by atoms with van der Waals surface area (Å²) in [5.41, 5.74) is 3.23. The van der Waals surface area contributed by atoms with Gasteiger partial charge in [0.05, 0.1) is 0 Å². The fraction of sp³-hybridized carbons (Fsp3) is 0.440. The number of aliphatic imine (C=N–C) groups is 1. The lowest BCUT2D eigenvalue weighted by molar-refractivity contribution is 0.0827. The predicted octanol–water partition coefficient (Wildman–Crippen LogP) is 2.62. The van der Waals surface area contributed by atoms with Crippen molar-refractivity contribution >= 4 is 11.9 Å². The molecule has 6 nitrogen and oxygen atoms in total. The third kappa shape index (κ3) is 7.10. The largest absolute Gasteiger partial charge is 0.356 e. The molecule has 0 saturated carbocycles. The molecule has 0 aromatic heterocycles. The summed E-state index contributed by atoms with van der Waals surface area (Å²) in [6.45, 7) is 5.03. The van der Waals surface area contributed by atoms with E-state index in [2.05, 4.69) is 50.9 Å². The quantitative estimate of drug-likeness (QED) is 0.508. The van der Waals surface area contributed by atoms with Crippen molar-refractivity contribution in [3.8, 4) is 0 Å². The first-order valence-electron chi connectivity index (χ1n) is 11.1. The monoisotopic (exact) mass is 421 g/mol. The maximum absolute atomic E-state index is 12.0. The Hall–Kier alpha value is -2.86. The molecule has 2 aromatic rings. The molecule has 0 aliphatic carbocycles. The summed E-state index contributed by atoms with van der Waals surface area (Å²) < 4.78 is 0. The van der Waals surface area contributed by atoms with E-state index in [9.17, 15) is 4.79 Å². The molecule has 1 unspecified atom stereocenters. The van der Waals surface area contributed by atoms with Gasteiger partial charge in [-0.2, -0.15) is 0 Å². The van der Waals surface area contributed by atoms with E-state index in [1.807, 2.05) is 24.3 Å². The Labute approximate surface area is 186 Å². The number of likely N-dealkylation sites (tertiary alicyclic amines) is 1. The van der Waals surface area contributed by atoms with Gasteiger partial charge in [0.15, 0.2) is 5.96 Å². The summed E-state index contributed by atoms with van der Waals surface area (Å²) in [5.74, 6) is 1.48. The Bertz CT molecular complexity index is 848. The van der Waals surface area contributed by atoms with Gasteiger partial charge in [-0.25, -0.2) is 0 Å². The van der Waals surface area contributed by atoms with Crippen LogP contribution in [0.3, 0.4) is 0 Å². The van der Waals surface area contributed by atoms with E-state index in [-0.39, 0.29) is 5.91 Å². The first kappa shape index (κ1) is 22.8. The van der Waals surface area contributed by atoms with Crippen LogP contribution in [0.2, 0.25) is 0 Å². The first-order chi connectivity index (χ1) is 15.0. The van der Waals surface area contributed by atoms with Crippen molar-refractivity contribution in [3.63, 3.8) is 0 Å². The van der Waals surface area contributed by atoms with Gasteiger partial charge in [0.1, 0.15) is 0 Å². The van der Waals surface area contributed by atoms with Gasteiger partial charge in [-0.1, -0.05) is 42.5 Å². The fourth-order valence-electron chi connectivity index (χ4n) is 3.89. The van der Waals surface area contributed by atoms with E-state index < -0.39 is 0 Å². The molecule has 1 atom stereocenters. The third-order valence-corrected chi connectivity index (χ3v) is 5.78. The van der Waals surface area contributed by atoms with Crippen LogP contribution in [0.1, 0.15) is 27.9 Å². The van der Waals surface area contributed by atoms with Crippen LogP contribution in [-0.4, -0.2) is 69.0 Å². The Morgan fingerprint density at radius 3 is 2.48 bits per heavy atom. The maximum Gasteiger partial charge on any atom is 0.253 e. The number of carbonyl (C=O) groups excluding carboxylic acids is 1. The summed E-state index contributed by atoms with van der Waals surface area (Å²) in [7, 11) is 5.33. The Morgan fingerprint density at radius 1 is 1.06 bits per heavy atom. The molecule has 1 aliphatic heterocycles. The normalized spacial score (nSPS) is 16.9. The average molecular weight is 422 g/mol. The maximum atomic E-state index is 12.0. The topological polar surface area (TPSA) is 60.0 Å². The molecule has 2 N–H and O–H groups in total. The summed E-state index contributed by atoms with van der Waals surface area (Å²) in [4.78, 5) is 20.5. The number of rotatable bonds is 8. The molecule has 31 heavy (non-hydrogen) atoms. The Kier molecular flexibility index (Phi) is 8.47. The molecule has 0 spiro atoms. The lowest BCUT2D eigenvalue weighted by Crippen LogP contribution is -2.40. The SMILES string of the molecule is CN=C(NCc1ccc(C(=O)N(C)C)cc1)NCC1CCN(CCc2ccccc2)C1. The number of guanidine groups is 1. The standard InChI is InChI=1S/C25H35N5O/c1-26-25(27-17-21-9-11-23(12-10-21)24(31)29(2)3)28-18-22-14-16-30(19-22)15-13-20-7-5-4-6-8-20/h4-12,22H,13-19H2,1-3H3,(H2,26,27,28). The van der Waals surface area contributed by atoms with E-state index in [0.29, 0.717) is 18.0 Å². The number of carbonyl (C=O) groups is 1. The van der Waals surface area contributed by atoms with E-state index in [1.54, 1.807) is 26.0 Å². The number of benzene rings is 2. The van der Waals surface area contributed by atoms with Crippen LogP contribution in [0.15, 0.2) is 59.6 Å². The van der Waals surface area contributed by atoms with E-state index >= 15 is 0 Å². The zero-order chi connectivity index (χ0) is 22.1. The van der Waals surface area contributed by atoms with Gasteiger partial charge < -0.3 is 20.4 Å². The van der Waals surface area contributed by atoms with Crippen molar-refractivity contribution in [3.05, 3.63) is 71.3 Å². The summed E-state index contributed by atoms with van der Waals surface area (Å²) in [5, 5.41) is 6.84. The second-order valence-corrected chi connectivity index (χ2v) is 8.39. The molecule has 166 valence electrons. The molecule has 6 heteroatoms. The minimum atomic E-state index is 0.0198. The van der Waals surface area contributed by atoms with Gasteiger partial charge in [-0.15, -0.1) is 0 Å². The molecular formula is C25H35N5O. The minimum Gasteiger partial charge on any atom is -0.356 e. The smallest absolute Gasteiger partial charge is 0.253 e. The van der Waals surface area contributed by atoms with Gasteiger partial charge in [0, 0.05) is 52.9 Å². The number of nitrogens with one attached hydrogen (secondary N) is 2. The second-order valence-electron chi connectivity index (χ2n) is 8.39. The summed E-state index contributed by atoms with van der Waals surface area (Å²) >= 11 is 0. The van der Waals surface area contributed by atoms with Gasteiger partial charge in [0.2, 0.25) is 0 Å². The van der Waals surface area contributed by atoms with Crippen LogP contribution in [0.4, 0.5) is 0 Å². The number of hydrogen-bond acceptors (Lipinski definition) is 3. The van der Waals surface area contributed by atoms with Crippen molar-refractivity contribution in [1.29, 1.82) is 0 Å². The van der Waals surface area contributed by atoms with Crippen LogP contribution in [0.5, 0.6) is 0 Å². The molecule has 1 saturated heterocycles. The van der Waals surface area contributed by atoms with Crippen molar-refractivity contribution in [2.75, 3.05) is 47.3 Å². The van der Waals surface area contributed by atoms with Crippen LogP contribution in [0.25, 0.3) is 0 Å². The van der Waals surface area contributed by atoms with Gasteiger partial charge >= 0.3 is 0 Å². The van der Waals surface area contributed by atoms with Gasteiger partial charge in [0.25, 0.3) is 5.91 Å².